The van der Waals surface area contributed by atoms with Gasteiger partial charge in [0.1, 0.15) is 5.76 Å². The second kappa shape index (κ2) is 8.15. The van der Waals surface area contributed by atoms with E-state index in [-0.39, 0.29) is 11.9 Å². The van der Waals surface area contributed by atoms with Gasteiger partial charge in [0.15, 0.2) is 6.61 Å². The Morgan fingerprint density at radius 3 is 2.69 bits per heavy atom. The summed E-state index contributed by atoms with van der Waals surface area (Å²) in [6.07, 6.45) is 6.04. The van der Waals surface area contributed by atoms with Crippen LogP contribution in [0, 0.1) is 0 Å². The first-order valence-corrected chi connectivity index (χ1v) is 8.20. The van der Waals surface area contributed by atoms with Crippen LogP contribution in [-0.4, -0.2) is 30.4 Å². The van der Waals surface area contributed by atoms with Gasteiger partial charge >= 0.3 is 5.97 Å². The van der Waals surface area contributed by atoms with E-state index in [9.17, 15) is 14.4 Å². The number of anilines is 1. The van der Waals surface area contributed by atoms with Gasteiger partial charge in [-0.15, -0.1) is 0 Å². The van der Waals surface area contributed by atoms with E-state index >= 15 is 0 Å². The molecule has 7 nitrogen and oxygen atoms in total. The maximum atomic E-state index is 12.2. The van der Waals surface area contributed by atoms with Crippen LogP contribution in [0.2, 0.25) is 0 Å². The molecule has 2 N–H and O–H groups in total. The van der Waals surface area contributed by atoms with E-state index in [0.717, 1.165) is 12.8 Å². The van der Waals surface area contributed by atoms with E-state index in [2.05, 4.69) is 10.6 Å². The van der Waals surface area contributed by atoms with Gasteiger partial charge in [0.25, 0.3) is 11.8 Å². The molecular weight excluding hydrogens is 336 g/mol. The molecule has 0 unspecified atom stereocenters. The lowest BCUT2D eigenvalue weighted by Gasteiger charge is -2.11. The van der Waals surface area contributed by atoms with Gasteiger partial charge in [-0.1, -0.05) is 12.1 Å². The van der Waals surface area contributed by atoms with Crippen molar-refractivity contribution in [1.29, 1.82) is 0 Å². The van der Waals surface area contributed by atoms with Crippen molar-refractivity contribution in [2.24, 2.45) is 0 Å². The van der Waals surface area contributed by atoms with Crippen LogP contribution < -0.4 is 10.6 Å². The summed E-state index contributed by atoms with van der Waals surface area (Å²) in [5, 5.41) is 5.46. The minimum atomic E-state index is -0.670. The fourth-order valence-corrected chi connectivity index (χ4v) is 2.19. The molecule has 0 spiro atoms. The summed E-state index contributed by atoms with van der Waals surface area (Å²) >= 11 is 0. The zero-order valence-electron chi connectivity index (χ0n) is 13.9. The summed E-state index contributed by atoms with van der Waals surface area (Å²) in [4.78, 5) is 35.8. The van der Waals surface area contributed by atoms with Gasteiger partial charge in [0, 0.05) is 12.1 Å². The number of rotatable bonds is 7. The van der Waals surface area contributed by atoms with Gasteiger partial charge in [-0.2, -0.15) is 0 Å². The van der Waals surface area contributed by atoms with Crippen LogP contribution in [0.15, 0.2) is 53.2 Å². The fraction of sp³-hybridized carbons (Fsp3) is 0.211. The molecule has 26 heavy (non-hydrogen) atoms. The number of amides is 2. The zero-order valence-corrected chi connectivity index (χ0v) is 13.9. The molecule has 2 amide bonds. The fourth-order valence-electron chi connectivity index (χ4n) is 2.19. The van der Waals surface area contributed by atoms with Crippen LogP contribution in [-0.2, 0) is 14.3 Å². The maximum Gasteiger partial charge on any atom is 0.331 e. The first-order chi connectivity index (χ1) is 12.6. The molecule has 2 aromatic rings. The predicted molar refractivity (Wildman–Crippen MR) is 94.3 cm³/mol. The number of para-hydroxylation sites is 1. The first-order valence-electron chi connectivity index (χ1n) is 8.20. The van der Waals surface area contributed by atoms with Crippen molar-refractivity contribution in [3.63, 3.8) is 0 Å². The van der Waals surface area contributed by atoms with Crippen LogP contribution in [0.5, 0.6) is 0 Å². The van der Waals surface area contributed by atoms with E-state index in [1.807, 2.05) is 0 Å². The standard InChI is InChI=1S/C19H18N2O5/c22-17(12-26-18(23)10-9-14-4-3-11-25-14)21-16-6-2-1-5-15(16)19(24)20-13-7-8-13/h1-6,9-11,13H,7-8,12H2,(H,20,24)(H,21,22)/b10-9+. The summed E-state index contributed by atoms with van der Waals surface area (Å²) in [6.45, 7) is -0.458. The molecule has 1 aromatic heterocycles. The highest BCUT2D eigenvalue weighted by Gasteiger charge is 2.25. The highest BCUT2D eigenvalue weighted by atomic mass is 16.5. The van der Waals surface area contributed by atoms with Crippen molar-refractivity contribution in [3.05, 3.63) is 60.1 Å². The third-order valence-corrected chi connectivity index (χ3v) is 3.63. The van der Waals surface area contributed by atoms with Crippen molar-refractivity contribution in [1.82, 2.24) is 5.32 Å². The van der Waals surface area contributed by atoms with Gasteiger partial charge < -0.3 is 19.8 Å². The number of furan rings is 1. The van der Waals surface area contributed by atoms with Crippen LogP contribution >= 0.6 is 0 Å². The average molecular weight is 354 g/mol. The number of ether oxygens (including phenoxy) is 1. The molecule has 0 radical (unpaired) electrons. The Morgan fingerprint density at radius 1 is 1.15 bits per heavy atom. The van der Waals surface area contributed by atoms with E-state index in [0.29, 0.717) is 17.0 Å². The molecule has 1 aliphatic carbocycles. The maximum absolute atomic E-state index is 12.2. The van der Waals surface area contributed by atoms with E-state index in [1.54, 1.807) is 36.4 Å². The highest BCUT2D eigenvalue weighted by Crippen LogP contribution is 2.21. The largest absolute Gasteiger partial charge is 0.465 e. The molecule has 0 bridgehead atoms. The lowest BCUT2D eigenvalue weighted by atomic mass is 10.1. The van der Waals surface area contributed by atoms with E-state index < -0.39 is 18.5 Å². The molecule has 1 fully saturated rings. The lowest BCUT2D eigenvalue weighted by molar-refractivity contribution is -0.142. The van der Waals surface area contributed by atoms with Crippen LogP contribution in [0.1, 0.15) is 29.0 Å². The first kappa shape index (κ1) is 17.5. The zero-order chi connectivity index (χ0) is 18.4. The Hall–Kier alpha value is -3.35. The second-order valence-corrected chi connectivity index (χ2v) is 5.80. The number of carbonyl (C=O) groups excluding carboxylic acids is 3. The van der Waals surface area contributed by atoms with Gasteiger partial charge in [0.05, 0.1) is 17.5 Å². The second-order valence-electron chi connectivity index (χ2n) is 5.80. The third-order valence-electron chi connectivity index (χ3n) is 3.63. The minimum absolute atomic E-state index is 0.216. The number of esters is 1. The molecular formula is C19H18N2O5. The smallest absolute Gasteiger partial charge is 0.331 e. The lowest BCUT2D eigenvalue weighted by Crippen LogP contribution is -2.27. The van der Waals surface area contributed by atoms with Crippen LogP contribution in [0.25, 0.3) is 6.08 Å². The molecule has 0 atom stereocenters. The molecule has 3 rings (SSSR count). The number of hydrogen-bond donors (Lipinski definition) is 2. The van der Waals surface area contributed by atoms with Gasteiger partial charge in [0.2, 0.25) is 0 Å². The Labute approximate surface area is 150 Å². The summed E-state index contributed by atoms with van der Waals surface area (Å²) in [6, 6.07) is 10.3. The third kappa shape index (κ3) is 5.07. The summed E-state index contributed by atoms with van der Waals surface area (Å²) in [5.74, 6) is -0.934. The molecule has 0 saturated heterocycles. The molecule has 134 valence electrons. The number of nitrogens with one attached hydrogen (secondary N) is 2. The Kier molecular flexibility index (Phi) is 5.48. The van der Waals surface area contributed by atoms with Crippen LogP contribution in [0.4, 0.5) is 5.69 Å². The number of benzene rings is 1. The summed E-state index contributed by atoms with van der Waals surface area (Å²) in [5.41, 5.74) is 0.745. The SMILES string of the molecule is O=C(COC(=O)/C=C/c1ccco1)Nc1ccccc1C(=O)NC1CC1. The van der Waals surface area contributed by atoms with E-state index in [1.165, 1.54) is 18.4 Å². The van der Waals surface area contributed by atoms with Crippen LogP contribution in [0.3, 0.4) is 0 Å². The average Bonchev–Trinajstić information content (AvgIpc) is 3.29. The molecule has 1 aromatic carbocycles. The van der Waals surface area contributed by atoms with Crippen molar-refractivity contribution < 1.29 is 23.5 Å². The Balaban J connectivity index is 1.51. The van der Waals surface area contributed by atoms with E-state index in [4.69, 9.17) is 9.15 Å². The normalized spacial score (nSPS) is 13.4. The van der Waals surface area contributed by atoms with Crippen molar-refractivity contribution in [2.45, 2.75) is 18.9 Å². The van der Waals surface area contributed by atoms with Gasteiger partial charge in [-0.3, -0.25) is 9.59 Å². The molecule has 0 aliphatic heterocycles. The summed E-state index contributed by atoms with van der Waals surface area (Å²) in [7, 11) is 0. The quantitative estimate of drug-likeness (QED) is 0.588. The minimum Gasteiger partial charge on any atom is -0.465 e. The Morgan fingerprint density at radius 2 is 1.96 bits per heavy atom. The van der Waals surface area contributed by atoms with Crippen molar-refractivity contribution in [3.8, 4) is 0 Å². The Bertz CT molecular complexity index is 822. The van der Waals surface area contributed by atoms with Gasteiger partial charge in [-0.05, 0) is 43.2 Å². The number of hydrogen-bond acceptors (Lipinski definition) is 5. The highest BCUT2D eigenvalue weighted by molar-refractivity contribution is 6.04. The molecule has 7 heteroatoms. The van der Waals surface area contributed by atoms with Crippen molar-refractivity contribution >= 4 is 29.5 Å². The molecule has 1 heterocycles. The molecule has 1 saturated carbocycles. The predicted octanol–water partition coefficient (Wildman–Crippen LogP) is 2.37. The monoisotopic (exact) mass is 354 g/mol. The topological polar surface area (TPSA) is 97.6 Å². The number of carbonyl (C=O) groups is 3. The summed E-state index contributed by atoms with van der Waals surface area (Å²) < 4.78 is 9.91. The molecule has 1 aliphatic rings. The van der Waals surface area contributed by atoms with Gasteiger partial charge in [-0.25, -0.2) is 4.79 Å². The van der Waals surface area contributed by atoms with Crippen molar-refractivity contribution in [2.75, 3.05) is 11.9 Å².